The zero-order valence-electron chi connectivity index (χ0n) is 16.2. The summed E-state index contributed by atoms with van der Waals surface area (Å²) in [7, 11) is -3.66. The molecule has 0 heterocycles. The van der Waals surface area contributed by atoms with Crippen LogP contribution in [-0.4, -0.2) is 43.9 Å². The van der Waals surface area contributed by atoms with Gasteiger partial charge < -0.3 is 5.32 Å². The molecule has 1 N–H and O–H groups in total. The van der Waals surface area contributed by atoms with E-state index in [0.717, 1.165) is 31.2 Å². The highest BCUT2D eigenvalue weighted by Gasteiger charge is 2.40. The van der Waals surface area contributed by atoms with Gasteiger partial charge in [0.2, 0.25) is 10.0 Å². The zero-order chi connectivity index (χ0) is 20.9. The van der Waals surface area contributed by atoms with Crippen molar-refractivity contribution in [2.45, 2.75) is 69.5 Å². The van der Waals surface area contributed by atoms with Gasteiger partial charge in [0.1, 0.15) is 0 Å². The minimum atomic E-state index is -4.93. The van der Waals surface area contributed by atoms with Gasteiger partial charge in [0.25, 0.3) is 0 Å². The van der Waals surface area contributed by atoms with Gasteiger partial charge in [-0.3, -0.25) is 4.79 Å². The van der Waals surface area contributed by atoms with Crippen LogP contribution in [0, 0.1) is 0 Å². The molecule has 1 unspecified atom stereocenters. The quantitative estimate of drug-likeness (QED) is 0.666. The van der Waals surface area contributed by atoms with Crippen LogP contribution < -0.4 is 5.32 Å². The van der Waals surface area contributed by atoms with E-state index >= 15 is 0 Å². The number of alkyl halides is 3. The van der Waals surface area contributed by atoms with Crippen LogP contribution in [0.1, 0.15) is 50.7 Å². The standard InChI is InChI=1S/C19H27F3N2O3S/c1-3-5-9-24(10-6-4-2)28(26,27)17-8-7-14-11-16(12-15(14)13-17)23-18(25)19(20,21)22/h7-8,13,16H,3-6,9-12H2,1-2H3,(H,23,25). The van der Waals surface area contributed by atoms with Crippen LogP contribution in [0.25, 0.3) is 0 Å². The summed E-state index contributed by atoms with van der Waals surface area (Å²) in [6.07, 6.45) is -1.20. The molecule has 5 nitrogen and oxygen atoms in total. The van der Waals surface area contributed by atoms with Gasteiger partial charge >= 0.3 is 12.1 Å². The van der Waals surface area contributed by atoms with Gasteiger partial charge in [0.05, 0.1) is 4.90 Å². The largest absolute Gasteiger partial charge is 0.471 e. The maximum Gasteiger partial charge on any atom is 0.471 e. The van der Waals surface area contributed by atoms with E-state index in [1.165, 1.54) is 16.4 Å². The van der Waals surface area contributed by atoms with Gasteiger partial charge in [-0.05, 0) is 48.9 Å². The molecule has 0 radical (unpaired) electrons. The molecule has 0 saturated carbocycles. The molecule has 1 amide bonds. The molecule has 0 fully saturated rings. The Kier molecular flexibility index (Phi) is 7.50. The van der Waals surface area contributed by atoms with Gasteiger partial charge in [0, 0.05) is 19.1 Å². The van der Waals surface area contributed by atoms with Crippen LogP contribution >= 0.6 is 0 Å². The number of carbonyl (C=O) groups excluding carboxylic acids is 1. The summed E-state index contributed by atoms with van der Waals surface area (Å²) in [6, 6.07) is 4.00. The summed E-state index contributed by atoms with van der Waals surface area (Å²) >= 11 is 0. The third-order valence-corrected chi connectivity index (χ3v) is 6.76. The Morgan fingerprint density at radius 1 is 1.11 bits per heavy atom. The molecule has 1 aromatic rings. The topological polar surface area (TPSA) is 66.5 Å². The minimum Gasteiger partial charge on any atom is -0.345 e. The van der Waals surface area contributed by atoms with Crippen molar-refractivity contribution >= 4 is 15.9 Å². The summed E-state index contributed by atoms with van der Waals surface area (Å²) in [5.41, 5.74) is 1.43. The van der Waals surface area contributed by atoms with Crippen molar-refractivity contribution in [1.29, 1.82) is 0 Å². The number of carbonyl (C=O) groups is 1. The van der Waals surface area contributed by atoms with E-state index in [1.807, 2.05) is 19.2 Å². The Bertz CT molecular complexity index is 786. The number of hydrogen-bond donors (Lipinski definition) is 1. The van der Waals surface area contributed by atoms with Crippen molar-refractivity contribution in [1.82, 2.24) is 9.62 Å². The van der Waals surface area contributed by atoms with Crippen LogP contribution in [0.3, 0.4) is 0 Å². The van der Waals surface area contributed by atoms with Crippen LogP contribution in [0.4, 0.5) is 13.2 Å². The van der Waals surface area contributed by atoms with Crippen molar-refractivity contribution in [3.05, 3.63) is 29.3 Å². The Labute approximate surface area is 164 Å². The SMILES string of the molecule is CCCCN(CCCC)S(=O)(=O)c1ccc2c(c1)CC(NC(=O)C(F)(F)F)C2. The fourth-order valence-electron chi connectivity index (χ4n) is 3.29. The second-order valence-corrected chi connectivity index (χ2v) is 9.06. The number of nitrogens with zero attached hydrogens (tertiary/aromatic N) is 1. The highest BCUT2D eigenvalue weighted by atomic mass is 32.2. The van der Waals surface area contributed by atoms with Crippen molar-refractivity contribution in [3.8, 4) is 0 Å². The zero-order valence-corrected chi connectivity index (χ0v) is 17.0. The molecule has 158 valence electrons. The maximum atomic E-state index is 13.0. The van der Waals surface area contributed by atoms with Crippen molar-refractivity contribution in [2.75, 3.05) is 13.1 Å². The Hall–Kier alpha value is -1.61. The minimum absolute atomic E-state index is 0.154. The first-order chi connectivity index (χ1) is 13.1. The summed E-state index contributed by atoms with van der Waals surface area (Å²) in [5, 5.41) is 1.98. The lowest BCUT2D eigenvalue weighted by Gasteiger charge is -2.22. The van der Waals surface area contributed by atoms with Crippen LogP contribution in [0.15, 0.2) is 23.1 Å². The first kappa shape index (κ1) is 22.7. The predicted molar refractivity (Wildman–Crippen MR) is 100 cm³/mol. The van der Waals surface area contributed by atoms with Crippen molar-refractivity contribution in [3.63, 3.8) is 0 Å². The predicted octanol–water partition coefficient (Wildman–Crippen LogP) is 3.42. The number of sulfonamides is 1. The monoisotopic (exact) mass is 420 g/mol. The van der Waals surface area contributed by atoms with Gasteiger partial charge in [-0.25, -0.2) is 8.42 Å². The summed E-state index contributed by atoms with van der Waals surface area (Å²) in [4.78, 5) is 11.3. The van der Waals surface area contributed by atoms with Crippen LogP contribution in [0.5, 0.6) is 0 Å². The van der Waals surface area contributed by atoms with E-state index in [2.05, 4.69) is 0 Å². The number of fused-ring (bicyclic) bond motifs is 1. The molecule has 1 atom stereocenters. The van der Waals surface area contributed by atoms with Gasteiger partial charge in [0.15, 0.2) is 0 Å². The first-order valence-corrected chi connectivity index (χ1v) is 11.0. The third-order valence-electron chi connectivity index (χ3n) is 4.86. The molecular weight excluding hydrogens is 393 g/mol. The number of hydrogen-bond acceptors (Lipinski definition) is 3. The molecule has 1 aromatic carbocycles. The highest BCUT2D eigenvalue weighted by Crippen LogP contribution is 2.28. The van der Waals surface area contributed by atoms with Crippen LogP contribution in [-0.2, 0) is 27.7 Å². The fraction of sp³-hybridized carbons (Fsp3) is 0.632. The molecule has 0 spiro atoms. The Balaban J connectivity index is 2.17. The lowest BCUT2D eigenvalue weighted by molar-refractivity contribution is -0.174. The molecular formula is C19H27F3N2O3S. The summed E-state index contributed by atoms with van der Waals surface area (Å²) in [5.74, 6) is -1.97. The van der Waals surface area contributed by atoms with Gasteiger partial charge in [-0.2, -0.15) is 17.5 Å². The van der Waals surface area contributed by atoms with E-state index in [4.69, 9.17) is 0 Å². The molecule has 0 aliphatic heterocycles. The van der Waals surface area contributed by atoms with E-state index in [-0.39, 0.29) is 17.7 Å². The van der Waals surface area contributed by atoms with E-state index in [0.29, 0.717) is 18.7 Å². The lowest BCUT2D eigenvalue weighted by atomic mass is 10.1. The third kappa shape index (κ3) is 5.47. The molecule has 2 rings (SSSR count). The summed E-state index contributed by atoms with van der Waals surface area (Å²) < 4.78 is 64.9. The molecule has 28 heavy (non-hydrogen) atoms. The van der Waals surface area contributed by atoms with Crippen molar-refractivity contribution in [2.24, 2.45) is 0 Å². The molecule has 9 heteroatoms. The van der Waals surface area contributed by atoms with E-state index < -0.39 is 28.1 Å². The van der Waals surface area contributed by atoms with Crippen molar-refractivity contribution < 1.29 is 26.4 Å². The van der Waals surface area contributed by atoms with E-state index in [9.17, 15) is 26.4 Å². The number of amides is 1. The molecule has 0 saturated heterocycles. The number of halogens is 3. The van der Waals surface area contributed by atoms with Gasteiger partial charge in [-0.15, -0.1) is 0 Å². The molecule has 1 aliphatic carbocycles. The van der Waals surface area contributed by atoms with Crippen LogP contribution in [0.2, 0.25) is 0 Å². The average Bonchev–Trinajstić information content (AvgIpc) is 3.02. The number of rotatable bonds is 9. The number of benzene rings is 1. The first-order valence-electron chi connectivity index (χ1n) is 9.59. The number of unbranched alkanes of at least 4 members (excludes halogenated alkanes) is 2. The smallest absolute Gasteiger partial charge is 0.345 e. The van der Waals surface area contributed by atoms with E-state index in [1.54, 1.807) is 6.07 Å². The molecule has 0 bridgehead atoms. The van der Waals surface area contributed by atoms with Gasteiger partial charge in [-0.1, -0.05) is 32.8 Å². The average molecular weight is 420 g/mol. The molecule has 1 aliphatic rings. The second kappa shape index (κ2) is 9.26. The number of nitrogens with one attached hydrogen (secondary N) is 1. The Morgan fingerprint density at radius 2 is 1.68 bits per heavy atom. The second-order valence-electron chi connectivity index (χ2n) is 7.12. The normalized spacial score (nSPS) is 17.0. The lowest BCUT2D eigenvalue weighted by Crippen LogP contribution is -2.43. The Morgan fingerprint density at radius 3 is 2.21 bits per heavy atom. The maximum absolute atomic E-state index is 13.0. The highest BCUT2D eigenvalue weighted by molar-refractivity contribution is 7.89. The molecule has 0 aromatic heterocycles. The summed E-state index contributed by atoms with van der Waals surface area (Å²) in [6.45, 7) is 4.88. The fourth-order valence-corrected chi connectivity index (χ4v) is 4.86.